The zero-order valence-corrected chi connectivity index (χ0v) is 9.63. The second-order valence-corrected chi connectivity index (χ2v) is 6.38. The maximum absolute atomic E-state index is 3.50. The molecule has 13 heavy (non-hydrogen) atoms. The highest BCUT2D eigenvalue weighted by molar-refractivity contribution is 8.76. The van der Waals surface area contributed by atoms with Crippen molar-refractivity contribution in [2.75, 3.05) is 37.7 Å². The summed E-state index contributed by atoms with van der Waals surface area (Å²) in [6.07, 6.45) is 2.77. The Bertz CT molecular complexity index is 141. The summed E-state index contributed by atoms with van der Waals surface area (Å²) < 4.78 is 0. The third-order valence-electron chi connectivity index (χ3n) is 2.79. The summed E-state index contributed by atoms with van der Waals surface area (Å²) in [5.74, 6) is 2.61. The first-order valence-corrected chi connectivity index (χ1v) is 7.65. The lowest BCUT2D eigenvalue weighted by atomic mass is 10.1. The highest BCUT2D eigenvalue weighted by atomic mass is 33.1. The van der Waals surface area contributed by atoms with E-state index in [0.717, 1.165) is 6.04 Å². The molecule has 2 fully saturated rings. The molecule has 0 aromatic carbocycles. The Hall–Kier alpha value is 0.620. The van der Waals surface area contributed by atoms with Gasteiger partial charge in [-0.05, 0) is 19.4 Å². The fourth-order valence-electron chi connectivity index (χ4n) is 2.05. The Balaban J connectivity index is 1.82. The van der Waals surface area contributed by atoms with Crippen LogP contribution in [0.15, 0.2) is 0 Å². The summed E-state index contributed by atoms with van der Waals surface area (Å²) in [6, 6.07) is 0.827. The van der Waals surface area contributed by atoms with Crippen LogP contribution in [0.3, 0.4) is 0 Å². The molecule has 2 aliphatic heterocycles. The lowest BCUT2D eigenvalue weighted by molar-refractivity contribution is 0.186. The van der Waals surface area contributed by atoms with Gasteiger partial charge in [0.05, 0.1) is 0 Å². The van der Waals surface area contributed by atoms with Gasteiger partial charge in [0.25, 0.3) is 0 Å². The molecule has 0 aromatic rings. The quantitative estimate of drug-likeness (QED) is 0.670. The van der Waals surface area contributed by atoms with E-state index < -0.39 is 0 Å². The van der Waals surface area contributed by atoms with Crippen molar-refractivity contribution in [2.24, 2.45) is 0 Å². The molecule has 2 aliphatic rings. The predicted octanol–water partition coefficient (Wildman–Crippen LogP) is 1.44. The first-order chi connectivity index (χ1) is 6.47. The molecule has 2 heterocycles. The van der Waals surface area contributed by atoms with Gasteiger partial charge in [-0.25, -0.2) is 0 Å². The number of rotatable bonds is 1. The predicted molar refractivity (Wildman–Crippen MR) is 62.4 cm³/mol. The van der Waals surface area contributed by atoms with Crippen LogP contribution >= 0.6 is 21.6 Å². The average Bonchev–Trinajstić information content (AvgIpc) is 2.47. The minimum atomic E-state index is 0.827. The van der Waals surface area contributed by atoms with Crippen molar-refractivity contribution in [3.05, 3.63) is 0 Å². The molecule has 1 N–H and O–H groups in total. The number of hydrogen-bond donors (Lipinski definition) is 1. The summed E-state index contributed by atoms with van der Waals surface area (Å²) in [5, 5.41) is 3.50. The van der Waals surface area contributed by atoms with Crippen molar-refractivity contribution in [3.63, 3.8) is 0 Å². The molecule has 0 amide bonds. The number of nitrogens with one attached hydrogen (secondary N) is 1. The molecule has 1 unspecified atom stereocenters. The fourth-order valence-corrected chi connectivity index (χ4v) is 4.06. The molecule has 76 valence electrons. The highest BCUT2D eigenvalue weighted by Gasteiger charge is 2.21. The van der Waals surface area contributed by atoms with Crippen molar-refractivity contribution in [3.8, 4) is 0 Å². The molecule has 1 atom stereocenters. The third kappa shape index (κ3) is 3.05. The highest BCUT2D eigenvalue weighted by Crippen LogP contribution is 2.25. The largest absolute Gasteiger partial charge is 0.315 e. The second kappa shape index (κ2) is 5.49. The van der Waals surface area contributed by atoms with Crippen molar-refractivity contribution in [1.82, 2.24) is 10.2 Å². The van der Waals surface area contributed by atoms with Gasteiger partial charge in [-0.15, -0.1) is 0 Å². The smallest absolute Gasteiger partial charge is 0.0221 e. The van der Waals surface area contributed by atoms with Crippen molar-refractivity contribution >= 4 is 21.6 Å². The summed E-state index contributed by atoms with van der Waals surface area (Å²) in [7, 11) is 4.08. The Morgan fingerprint density at radius 2 is 1.92 bits per heavy atom. The number of hydrogen-bond acceptors (Lipinski definition) is 4. The Labute approximate surface area is 88.6 Å². The third-order valence-corrected chi connectivity index (χ3v) is 5.16. The van der Waals surface area contributed by atoms with Crippen LogP contribution in [0.2, 0.25) is 0 Å². The molecular formula is C9H18N2S2. The number of nitrogens with zero attached hydrogens (tertiary/aromatic N) is 1. The molecule has 4 heteroatoms. The van der Waals surface area contributed by atoms with Crippen LogP contribution in [-0.4, -0.2) is 48.6 Å². The van der Waals surface area contributed by atoms with Crippen molar-refractivity contribution in [2.45, 2.75) is 18.9 Å². The maximum Gasteiger partial charge on any atom is 0.0221 e. The van der Waals surface area contributed by atoms with Gasteiger partial charge in [-0.2, -0.15) is 0 Å². The van der Waals surface area contributed by atoms with E-state index in [2.05, 4.69) is 10.2 Å². The lowest BCUT2D eigenvalue weighted by Crippen LogP contribution is -2.47. The molecule has 0 spiro atoms. The Morgan fingerprint density at radius 3 is 2.54 bits per heavy atom. The van der Waals surface area contributed by atoms with Gasteiger partial charge in [-0.3, -0.25) is 4.90 Å². The average molecular weight is 218 g/mol. The second-order valence-electron chi connectivity index (χ2n) is 3.68. The molecule has 2 nitrogen and oxygen atoms in total. The van der Waals surface area contributed by atoms with Crippen LogP contribution in [0.4, 0.5) is 0 Å². The van der Waals surface area contributed by atoms with Crippen LogP contribution in [-0.2, 0) is 0 Å². The molecule has 0 radical (unpaired) electrons. The molecule has 0 bridgehead atoms. The van der Waals surface area contributed by atoms with Crippen LogP contribution in [0.5, 0.6) is 0 Å². The van der Waals surface area contributed by atoms with Gasteiger partial charge in [0.15, 0.2) is 0 Å². The molecule has 0 aliphatic carbocycles. The van der Waals surface area contributed by atoms with Gasteiger partial charge in [0, 0.05) is 37.2 Å². The minimum Gasteiger partial charge on any atom is -0.315 e. The normalized spacial score (nSPS) is 32.8. The molecule has 2 rings (SSSR count). The van der Waals surface area contributed by atoms with E-state index in [4.69, 9.17) is 0 Å². The first-order valence-electron chi connectivity index (χ1n) is 5.16. The van der Waals surface area contributed by atoms with E-state index in [1.165, 1.54) is 50.5 Å². The van der Waals surface area contributed by atoms with Gasteiger partial charge in [0.1, 0.15) is 0 Å². The van der Waals surface area contributed by atoms with E-state index in [0.29, 0.717) is 0 Å². The van der Waals surface area contributed by atoms with Crippen LogP contribution in [0, 0.1) is 0 Å². The van der Waals surface area contributed by atoms with E-state index in [-0.39, 0.29) is 0 Å². The first kappa shape index (κ1) is 10.1. The van der Waals surface area contributed by atoms with E-state index in [1.807, 2.05) is 21.6 Å². The minimum absolute atomic E-state index is 0.827. The number of piperidine rings is 1. The van der Waals surface area contributed by atoms with Crippen molar-refractivity contribution in [1.29, 1.82) is 0 Å². The fraction of sp³-hybridized carbons (Fsp3) is 1.00. The monoisotopic (exact) mass is 218 g/mol. The summed E-state index contributed by atoms with van der Waals surface area (Å²) in [5.41, 5.74) is 0. The molecule has 0 aromatic heterocycles. The van der Waals surface area contributed by atoms with Gasteiger partial charge in [0.2, 0.25) is 0 Å². The SMILES string of the molecule is C1CNCC(N2CCSSCC2)C1. The maximum atomic E-state index is 3.50. The zero-order chi connectivity index (χ0) is 8.93. The Kier molecular flexibility index (Phi) is 4.28. The summed E-state index contributed by atoms with van der Waals surface area (Å²) >= 11 is 0. The van der Waals surface area contributed by atoms with E-state index in [9.17, 15) is 0 Å². The molecule has 2 saturated heterocycles. The summed E-state index contributed by atoms with van der Waals surface area (Å²) in [4.78, 5) is 2.68. The van der Waals surface area contributed by atoms with Crippen LogP contribution in [0.1, 0.15) is 12.8 Å². The molecular weight excluding hydrogens is 200 g/mol. The molecule has 0 saturated carbocycles. The standard InChI is InChI=1S/C9H18N2S2/c1-2-9(8-10-3-1)11-4-6-12-13-7-5-11/h9-10H,1-8H2. The topological polar surface area (TPSA) is 15.3 Å². The Morgan fingerprint density at radius 1 is 1.15 bits per heavy atom. The van der Waals surface area contributed by atoms with Gasteiger partial charge < -0.3 is 5.32 Å². The lowest BCUT2D eigenvalue weighted by Gasteiger charge is -2.33. The summed E-state index contributed by atoms with van der Waals surface area (Å²) in [6.45, 7) is 5.04. The van der Waals surface area contributed by atoms with E-state index >= 15 is 0 Å². The van der Waals surface area contributed by atoms with Gasteiger partial charge >= 0.3 is 0 Å². The van der Waals surface area contributed by atoms with Crippen molar-refractivity contribution < 1.29 is 0 Å². The van der Waals surface area contributed by atoms with Gasteiger partial charge in [-0.1, -0.05) is 21.6 Å². The zero-order valence-electron chi connectivity index (χ0n) is 8.00. The van der Waals surface area contributed by atoms with E-state index in [1.54, 1.807) is 0 Å². The van der Waals surface area contributed by atoms with Crippen LogP contribution < -0.4 is 5.32 Å². The van der Waals surface area contributed by atoms with Crippen LogP contribution in [0.25, 0.3) is 0 Å².